The fourth-order valence-electron chi connectivity index (χ4n) is 3.83. The molecule has 0 spiro atoms. The summed E-state index contributed by atoms with van der Waals surface area (Å²) in [4.78, 5) is 12.6. The van der Waals surface area contributed by atoms with Crippen LogP contribution in [0.4, 0.5) is 10.5 Å². The number of nitrogens with one attached hydrogen (secondary N) is 2. The van der Waals surface area contributed by atoms with Gasteiger partial charge in [0.05, 0.1) is 0 Å². The SMILES string of the molecule is N#CN=S(=O)(NC(=O)Nc1c2c(cc3c1CCC3)CCC2)c1cccs1. The second-order valence-electron chi connectivity index (χ2n) is 6.44. The fourth-order valence-corrected chi connectivity index (χ4v) is 6.12. The van der Waals surface area contributed by atoms with Gasteiger partial charge in [-0.3, -0.25) is 0 Å². The Balaban J connectivity index is 1.65. The minimum Gasteiger partial charge on any atom is -0.307 e. The van der Waals surface area contributed by atoms with Crippen LogP contribution in [0.5, 0.6) is 0 Å². The molecule has 0 radical (unpaired) electrons. The van der Waals surface area contributed by atoms with Crippen molar-refractivity contribution in [3.63, 3.8) is 0 Å². The third-order valence-corrected chi connectivity index (χ3v) is 7.99. The molecule has 1 aromatic heterocycles. The van der Waals surface area contributed by atoms with Crippen molar-refractivity contribution in [2.45, 2.75) is 42.7 Å². The molecular formula is C18H18N4O2S2. The van der Waals surface area contributed by atoms with Gasteiger partial charge in [-0.15, -0.1) is 11.3 Å². The molecule has 26 heavy (non-hydrogen) atoms. The van der Waals surface area contributed by atoms with E-state index in [1.807, 2.05) is 0 Å². The second kappa shape index (κ2) is 6.74. The first kappa shape index (κ1) is 17.1. The number of nitrogens with zero attached hydrogens (tertiary/aromatic N) is 2. The molecule has 0 fully saturated rings. The molecular weight excluding hydrogens is 368 g/mol. The lowest BCUT2D eigenvalue weighted by Crippen LogP contribution is -2.34. The first-order valence-electron chi connectivity index (χ1n) is 8.55. The third-order valence-electron chi connectivity index (χ3n) is 4.88. The number of fused-ring (bicyclic) bond motifs is 2. The van der Waals surface area contributed by atoms with Gasteiger partial charge < -0.3 is 5.32 Å². The first-order chi connectivity index (χ1) is 12.6. The van der Waals surface area contributed by atoms with Gasteiger partial charge in [0.2, 0.25) is 6.19 Å². The van der Waals surface area contributed by atoms with E-state index in [1.165, 1.54) is 33.6 Å². The molecule has 0 saturated carbocycles. The van der Waals surface area contributed by atoms with Crippen molar-refractivity contribution in [1.82, 2.24) is 4.72 Å². The van der Waals surface area contributed by atoms with Gasteiger partial charge in [-0.05, 0) is 72.2 Å². The summed E-state index contributed by atoms with van der Waals surface area (Å²) in [6, 6.07) is 5.01. The predicted octanol–water partition coefficient (Wildman–Crippen LogP) is 3.77. The summed E-state index contributed by atoms with van der Waals surface area (Å²) < 4.78 is 19.2. The number of hydrogen-bond donors (Lipinski definition) is 2. The maximum Gasteiger partial charge on any atom is 0.332 e. The molecule has 0 bridgehead atoms. The zero-order valence-corrected chi connectivity index (χ0v) is 15.7. The van der Waals surface area contributed by atoms with Gasteiger partial charge in [-0.2, -0.15) is 5.26 Å². The topological polar surface area (TPSA) is 94.3 Å². The lowest BCUT2D eigenvalue weighted by molar-refractivity contribution is 0.257. The summed E-state index contributed by atoms with van der Waals surface area (Å²) in [7, 11) is -3.30. The van der Waals surface area contributed by atoms with Gasteiger partial charge in [-0.1, -0.05) is 16.5 Å². The van der Waals surface area contributed by atoms with Gasteiger partial charge in [0.1, 0.15) is 4.21 Å². The minimum absolute atomic E-state index is 0.359. The molecule has 134 valence electrons. The maximum absolute atomic E-state index is 13.0. The molecule has 1 atom stereocenters. The highest BCUT2D eigenvalue weighted by atomic mass is 32.2. The van der Waals surface area contributed by atoms with Crippen molar-refractivity contribution in [3.8, 4) is 6.19 Å². The molecule has 2 aliphatic carbocycles. The fraction of sp³-hybridized carbons (Fsp3) is 0.333. The van der Waals surface area contributed by atoms with E-state index in [2.05, 4.69) is 20.5 Å². The molecule has 2 aliphatic rings. The van der Waals surface area contributed by atoms with E-state index >= 15 is 0 Å². The molecule has 2 amide bonds. The van der Waals surface area contributed by atoms with Gasteiger partial charge in [-0.25, -0.2) is 13.7 Å². The quantitative estimate of drug-likeness (QED) is 0.786. The lowest BCUT2D eigenvalue weighted by atomic mass is 9.99. The van der Waals surface area contributed by atoms with Crippen LogP contribution < -0.4 is 10.0 Å². The van der Waals surface area contributed by atoms with Crippen molar-refractivity contribution in [2.75, 3.05) is 5.32 Å². The molecule has 0 aliphatic heterocycles. The molecule has 2 N–H and O–H groups in total. The summed E-state index contributed by atoms with van der Waals surface area (Å²) in [5, 5.41) is 13.6. The third kappa shape index (κ3) is 2.97. The van der Waals surface area contributed by atoms with Crippen molar-refractivity contribution < 1.29 is 9.00 Å². The van der Waals surface area contributed by atoms with E-state index in [1.54, 1.807) is 23.7 Å². The molecule has 6 nitrogen and oxygen atoms in total. The first-order valence-corrected chi connectivity index (χ1v) is 10.9. The van der Waals surface area contributed by atoms with Crippen LogP contribution >= 0.6 is 11.3 Å². The Morgan fingerprint density at radius 1 is 1.19 bits per heavy atom. The number of carbonyl (C=O) groups excluding carboxylic acids is 1. The molecule has 2 aromatic rings. The smallest absolute Gasteiger partial charge is 0.307 e. The molecule has 0 saturated heterocycles. The van der Waals surface area contributed by atoms with Gasteiger partial charge in [0, 0.05) is 5.69 Å². The van der Waals surface area contributed by atoms with Crippen LogP contribution in [-0.2, 0) is 35.6 Å². The molecule has 1 aromatic carbocycles. The van der Waals surface area contributed by atoms with Crippen molar-refractivity contribution in [2.24, 2.45) is 4.36 Å². The van der Waals surface area contributed by atoms with E-state index in [-0.39, 0.29) is 0 Å². The van der Waals surface area contributed by atoms with Gasteiger partial charge in [0.15, 0.2) is 9.92 Å². The standard InChI is InChI=1S/C18H18N4O2S2/c19-11-20-26(24,16-8-3-9-25-16)22-18(23)21-17-14-6-1-4-12(14)10-13-5-2-7-15(13)17/h3,8-10H,1-2,4-7H2,(H2,20,21,22,23,24). The number of thiophene rings is 1. The lowest BCUT2D eigenvalue weighted by Gasteiger charge is -2.17. The van der Waals surface area contributed by atoms with E-state index in [0.29, 0.717) is 4.21 Å². The zero-order valence-electron chi connectivity index (χ0n) is 14.1. The number of nitriles is 1. The van der Waals surface area contributed by atoms with Gasteiger partial charge in [0.25, 0.3) is 0 Å². The van der Waals surface area contributed by atoms with Gasteiger partial charge >= 0.3 is 6.03 Å². The minimum atomic E-state index is -3.30. The van der Waals surface area contributed by atoms with E-state index in [4.69, 9.17) is 5.26 Å². The summed E-state index contributed by atoms with van der Waals surface area (Å²) in [5.41, 5.74) is 5.87. The summed E-state index contributed by atoms with van der Waals surface area (Å²) in [6.45, 7) is 0. The maximum atomic E-state index is 13.0. The number of aryl methyl sites for hydroxylation is 2. The van der Waals surface area contributed by atoms with Crippen molar-refractivity contribution in [1.29, 1.82) is 5.26 Å². The monoisotopic (exact) mass is 386 g/mol. The highest BCUT2D eigenvalue weighted by Crippen LogP contribution is 2.38. The van der Waals surface area contributed by atoms with Crippen LogP contribution in [0.1, 0.15) is 35.1 Å². The average Bonchev–Trinajstić information content (AvgIpc) is 3.35. The number of carbonyl (C=O) groups is 1. The molecule has 8 heteroatoms. The molecule has 1 unspecified atom stereocenters. The second-order valence-corrected chi connectivity index (χ2v) is 9.52. The van der Waals surface area contributed by atoms with Crippen LogP contribution in [0.25, 0.3) is 0 Å². The van der Waals surface area contributed by atoms with Crippen LogP contribution in [-0.4, -0.2) is 10.2 Å². The highest BCUT2D eigenvalue weighted by molar-refractivity contribution is 7.94. The Hall–Kier alpha value is -2.37. The average molecular weight is 387 g/mol. The number of amides is 2. The largest absolute Gasteiger partial charge is 0.332 e. The van der Waals surface area contributed by atoms with E-state index in [0.717, 1.165) is 44.2 Å². The Bertz CT molecular complexity index is 996. The number of urea groups is 1. The molecule has 1 heterocycles. The summed E-state index contributed by atoms with van der Waals surface area (Å²) in [6.07, 6.45) is 7.70. The molecule has 4 rings (SSSR count). The highest BCUT2D eigenvalue weighted by Gasteiger charge is 2.26. The van der Waals surface area contributed by atoms with Crippen LogP contribution in [0, 0.1) is 11.5 Å². The summed E-state index contributed by atoms with van der Waals surface area (Å²) in [5.74, 6) is 0. The Morgan fingerprint density at radius 3 is 2.46 bits per heavy atom. The van der Waals surface area contributed by atoms with E-state index in [9.17, 15) is 9.00 Å². The van der Waals surface area contributed by atoms with Crippen molar-refractivity contribution in [3.05, 3.63) is 45.8 Å². The number of benzene rings is 1. The van der Waals surface area contributed by atoms with Crippen molar-refractivity contribution >= 4 is 33.0 Å². The Kier molecular flexibility index (Phi) is 4.42. The Morgan fingerprint density at radius 2 is 1.88 bits per heavy atom. The van der Waals surface area contributed by atoms with E-state index < -0.39 is 15.9 Å². The normalized spacial score (nSPS) is 16.9. The van der Waals surface area contributed by atoms with Crippen LogP contribution in [0.15, 0.2) is 32.2 Å². The number of rotatable bonds is 3. The number of hydrogen-bond acceptors (Lipinski definition) is 5. The zero-order chi connectivity index (χ0) is 18.1. The number of anilines is 1. The van der Waals surface area contributed by atoms with Crippen LogP contribution in [0.2, 0.25) is 0 Å². The summed E-state index contributed by atoms with van der Waals surface area (Å²) >= 11 is 1.20. The van der Waals surface area contributed by atoms with Crippen LogP contribution in [0.3, 0.4) is 0 Å². The predicted molar refractivity (Wildman–Crippen MR) is 101 cm³/mol. The Labute approximate surface area is 156 Å².